The van der Waals surface area contributed by atoms with Crippen molar-refractivity contribution in [1.82, 2.24) is 4.98 Å². The highest BCUT2D eigenvalue weighted by Gasteiger charge is 2.07. The first kappa shape index (κ1) is 12.1. The molecule has 0 aliphatic rings. The van der Waals surface area contributed by atoms with Crippen molar-refractivity contribution in [2.24, 2.45) is 11.7 Å². The van der Waals surface area contributed by atoms with Crippen molar-refractivity contribution in [3.8, 4) is 0 Å². The van der Waals surface area contributed by atoms with Crippen LogP contribution in [0.3, 0.4) is 0 Å². The van der Waals surface area contributed by atoms with E-state index >= 15 is 0 Å². The second kappa shape index (κ2) is 6.53. The van der Waals surface area contributed by atoms with Gasteiger partial charge in [-0.3, -0.25) is 4.79 Å². The van der Waals surface area contributed by atoms with Crippen LogP contribution < -0.4 is 11.1 Å². The summed E-state index contributed by atoms with van der Waals surface area (Å²) in [6.07, 6.45) is 4.08. The predicted molar refractivity (Wildman–Crippen MR) is 62.8 cm³/mol. The predicted octanol–water partition coefficient (Wildman–Crippen LogP) is 1.85. The standard InChI is InChI=1S/C10H17N3OS/c1-8(4-5-11)2-3-9(14)13-10-12-6-7-15-10/h6-8H,2-5,11H2,1H3,(H,12,13,14). The van der Waals surface area contributed by atoms with E-state index in [1.165, 1.54) is 11.3 Å². The molecule has 0 fully saturated rings. The Balaban J connectivity index is 2.19. The molecule has 1 rings (SSSR count). The number of nitrogens with one attached hydrogen (secondary N) is 1. The molecule has 0 saturated carbocycles. The third kappa shape index (κ3) is 4.90. The van der Waals surface area contributed by atoms with Gasteiger partial charge in [-0.25, -0.2) is 4.98 Å². The van der Waals surface area contributed by atoms with E-state index in [2.05, 4.69) is 17.2 Å². The maximum atomic E-state index is 11.4. The zero-order valence-corrected chi connectivity index (χ0v) is 9.72. The molecule has 1 atom stereocenters. The first-order valence-electron chi connectivity index (χ1n) is 5.11. The Labute approximate surface area is 93.9 Å². The van der Waals surface area contributed by atoms with Crippen LogP contribution in [0.15, 0.2) is 11.6 Å². The molecule has 0 saturated heterocycles. The molecule has 1 heterocycles. The minimum Gasteiger partial charge on any atom is -0.330 e. The second-order valence-electron chi connectivity index (χ2n) is 3.61. The lowest BCUT2D eigenvalue weighted by Crippen LogP contribution is -2.13. The van der Waals surface area contributed by atoms with Crippen LogP contribution in [-0.4, -0.2) is 17.4 Å². The molecule has 84 valence electrons. The monoisotopic (exact) mass is 227 g/mol. The van der Waals surface area contributed by atoms with Crippen LogP contribution >= 0.6 is 11.3 Å². The molecule has 0 radical (unpaired) electrons. The number of carbonyl (C=O) groups excluding carboxylic acids is 1. The molecular formula is C10H17N3OS. The van der Waals surface area contributed by atoms with Gasteiger partial charge in [0.25, 0.3) is 0 Å². The summed E-state index contributed by atoms with van der Waals surface area (Å²) in [4.78, 5) is 15.4. The molecule has 3 N–H and O–H groups in total. The molecule has 0 aromatic carbocycles. The van der Waals surface area contributed by atoms with Gasteiger partial charge in [0, 0.05) is 18.0 Å². The molecule has 5 heteroatoms. The van der Waals surface area contributed by atoms with Gasteiger partial charge in [-0.2, -0.15) is 0 Å². The number of hydrogen-bond donors (Lipinski definition) is 2. The van der Waals surface area contributed by atoms with Gasteiger partial charge in [0.05, 0.1) is 0 Å². The number of anilines is 1. The van der Waals surface area contributed by atoms with E-state index in [4.69, 9.17) is 5.73 Å². The van der Waals surface area contributed by atoms with E-state index in [1.807, 2.05) is 5.38 Å². The molecule has 0 aliphatic heterocycles. The lowest BCUT2D eigenvalue weighted by Gasteiger charge is -2.08. The lowest BCUT2D eigenvalue weighted by atomic mass is 10.0. The van der Waals surface area contributed by atoms with E-state index in [0.29, 0.717) is 24.0 Å². The fraction of sp³-hybridized carbons (Fsp3) is 0.600. The number of nitrogens with two attached hydrogens (primary N) is 1. The number of amides is 1. The van der Waals surface area contributed by atoms with Gasteiger partial charge < -0.3 is 11.1 Å². The molecule has 15 heavy (non-hydrogen) atoms. The van der Waals surface area contributed by atoms with Crippen molar-refractivity contribution in [3.05, 3.63) is 11.6 Å². The first-order valence-corrected chi connectivity index (χ1v) is 5.99. The highest BCUT2D eigenvalue weighted by Crippen LogP contribution is 2.13. The topological polar surface area (TPSA) is 68.0 Å². The van der Waals surface area contributed by atoms with Gasteiger partial charge in [-0.1, -0.05) is 6.92 Å². The summed E-state index contributed by atoms with van der Waals surface area (Å²) in [5.41, 5.74) is 5.44. The number of nitrogens with zero attached hydrogens (tertiary/aromatic N) is 1. The third-order valence-corrected chi connectivity index (χ3v) is 2.89. The fourth-order valence-corrected chi connectivity index (χ4v) is 1.82. The largest absolute Gasteiger partial charge is 0.330 e. The van der Waals surface area contributed by atoms with E-state index in [1.54, 1.807) is 6.20 Å². The van der Waals surface area contributed by atoms with Crippen molar-refractivity contribution >= 4 is 22.4 Å². The van der Waals surface area contributed by atoms with Gasteiger partial charge >= 0.3 is 0 Å². The van der Waals surface area contributed by atoms with Gasteiger partial charge in [-0.15, -0.1) is 11.3 Å². The van der Waals surface area contributed by atoms with Gasteiger partial charge in [-0.05, 0) is 25.3 Å². The number of thiazole rings is 1. The number of hydrogen-bond acceptors (Lipinski definition) is 4. The van der Waals surface area contributed by atoms with Crippen LogP contribution in [0.5, 0.6) is 0 Å². The van der Waals surface area contributed by atoms with E-state index in [0.717, 1.165) is 12.8 Å². The summed E-state index contributed by atoms with van der Waals surface area (Å²) in [7, 11) is 0. The molecular weight excluding hydrogens is 210 g/mol. The Morgan fingerprint density at radius 2 is 2.47 bits per heavy atom. The summed E-state index contributed by atoms with van der Waals surface area (Å²) < 4.78 is 0. The summed E-state index contributed by atoms with van der Waals surface area (Å²) in [5.74, 6) is 0.547. The SMILES string of the molecule is CC(CCN)CCC(=O)Nc1nccs1. The summed E-state index contributed by atoms with van der Waals surface area (Å²) in [6.45, 7) is 2.80. The third-order valence-electron chi connectivity index (χ3n) is 2.20. The maximum Gasteiger partial charge on any atom is 0.226 e. The van der Waals surface area contributed by atoms with Crippen LogP contribution in [0.2, 0.25) is 0 Å². The molecule has 0 spiro atoms. The van der Waals surface area contributed by atoms with E-state index in [-0.39, 0.29) is 5.91 Å². The minimum atomic E-state index is 0.0359. The van der Waals surface area contributed by atoms with Crippen LogP contribution in [0, 0.1) is 5.92 Å². The minimum absolute atomic E-state index is 0.0359. The molecule has 1 aromatic heterocycles. The van der Waals surface area contributed by atoms with Crippen LogP contribution in [0.4, 0.5) is 5.13 Å². The Hall–Kier alpha value is -0.940. The van der Waals surface area contributed by atoms with Crippen molar-refractivity contribution in [2.75, 3.05) is 11.9 Å². The number of aromatic nitrogens is 1. The van der Waals surface area contributed by atoms with E-state index in [9.17, 15) is 4.79 Å². The smallest absolute Gasteiger partial charge is 0.226 e. The average Bonchev–Trinajstić information content (AvgIpc) is 2.68. The Morgan fingerprint density at radius 1 is 1.67 bits per heavy atom. The number of carbonyl (C=O) groups is 1. The molecule has 4 nitrogen and oxygen atoms in total. The zero-order valence-electron chi connectivity index (χ0n) is 8.90. The zero-order chi connectivity index (χ0) is 11.1. The Bertz CT molecular complexity index is 287. The quantitative estimate of drug-likeness (QED) is 0.779. The van der Waals surface area contributed by atoms with Crippen LogP contribution in [0.1, 0.15) is 26.2 Å². The summed E-state index contributed by atoms with van der Waals surface area (Å²) >= 11 is 1.43. The highest BCUT2D eigenvalue weighted by atomic mass is 32.1. The molecule has 1 unspecified atom stereocenters. The average molecular weight is 227 g/mol. The fourth-order valence-electron chi connectivity index (χ4n) is 1.27. The van der Waals surface area contributed by atoms with Crippen molar-refractivity contribution < 1.29 is 4.79 Å². The number of rotatable bonds is 6. The van der Waals surface area contributed by atoms with E-state index < -0.39 is 0 Å². The second-order valence-corrected chi connectivity index (χ2v) is 4.50. The summed E-state index contributed by atoms with van der Waals surface area (Å²) in [6, 6.07) is 0. The lowest BCUT2D eigenvalue weighted by molar-refractivity contribution is -0.116. The van der Waals surface area contributed by atoms with Crippen molar-refractivity contribution in [3.63, 3.8) is 0 Å². The van der Waals surface area contributed by atoms with Gasteiger partial charge in [0.1, 0.15) is 0 Å². The Kier molecular flexibility index (Phi) is 5.28. The van der Waals surface area contributed by atoms with Crippen molar-refractivity contribution in [2.45, 2.75) is 26.2 Å². The highest BCUT2D eigenvalue weighted by molar-refractivity contribution is 7.13. The van der Waals surface area contributed by atoms with Crippen molar-refractivity contribution in [1.29, 1.82) is 0 Å². The van der Waals surface area contributed by atoms with Crippen LogP contribution in [-0.2, 0) is 4.79 Å². The first-order chi connectivity index (χ1) is 7.22. The molecule has 1 aromatic rings. The molecule has 0 aliphatic carbocycles. The Morgan fingerprint density at radius 3 is 3.07 bits per heavy atom. The molecule has 0 bridgehead atoms. The van der Waals surface area contributed by atoms with Crippen LogP contribution in [0.25, 0.3) is 0 Å². The maximum absolute atomic E-state index is 11.4. The van der Waals surface area contributed by atoms with Gasteiger partial charge in [0.15, 0.2) is 5.13 Å². The van der Waals surface area contributed by atoms with Gasteiger partial charge in [0.2, 0.25) is 5.91 Å². The molecule has 1 amide bonds. The normalized spacial score (nSPS) is 12.4. The summed E-state index contributed by atoms with van der Waals surface area (Å²) in [5, 5.41) is 5.27.